The van der Waals surface area contributed by atoms with Crippen LogP contribution in [0.2, 0.25) is 0 Å². The second-order valence-corrected chi connectivity index (χ2v) is 10.1. The summed E-state index contributed by atoms with van der Waals surface area (Å²) in [6.45, 7) is 3.33. The molecule has 0 radical (unpaired) electrons. The predicted molar refractivity (Wildman–Crippen MR) is 113 cm³/mol. The van der Waals surface area contributed by atoms with Gasteiger partial charge in [0.25, 0.3) is 0 Å². The Bertz CT molecular complexity index is 884. The summed E-state index contributed by atoms with van der Waals surface area (Å²) in [6.07, 6.45) is 1.42. The highest BCUT2D eigenvalue weighted by atomic mass is 32.2. The van der Waals surface area contributed by atoms with E-state index in [1.165, 1.54) is 14.8 Å². The van der Waals surface area contributed by atoms with Crippen LogP contribution in [0.25, 0.3) is 0 Å². The third-order valence-electron chi connectivity index (χ3n) is 4.83. The minimum atomic E-state index is -3.54. The molecule has 7 heteroatoms. The van der Waals surface area contributed by atoms with Crippen LogP contribution in [0.4, 0.5) is 0 Å². The summed E-state index contributed by atoms with van der Waals surface area (Å²) < 4.78 is 27.0. The molecule has 1 aliphatic rings. The Morgan fingerprint density at radius 2 is 1.86 bits per heavy atom. The first-order valence-electron chi connectivity index (χ1n) is 9.49. The second kappa shape index (κ2) is 9.58. The zero-order chi connectivity index (χ0) is 20.0. The molecule has 1 fully saturated rings. The number of piperidine rings is 1. The van der Waals surface area contributed by atoms with Crippen molar-refractivity contribution in [1.82, 2.24) is 9.62 Å². The first-order valence-corrected chi connectivity index (χ1v) is 11.9. The van der Waals surface area contributed by atoms with Gasteiger partial charge in [-0.05, 0) is 44.0 Å². The van der Waals surface area contributed by atoms with Crippen LogP contribution in [0.3, 0.4) is 0 Å². The summed E-state index contributed by atoms with van der Waals surface area (Å²) in [5.41, 5.74) is 1.23. The number of nitrogens with one attached hydrogen (secondary N) is 1. The standard InChI is InChI=1S/C21H26N2O3S2/c1-17-9-11-19(12-10-17)27-15-13-22-21(24)18-6-5-14-23(16-18)28(25,26)20-7-3-2-4-8-20/h2-4,7-12,18H,5-6,13-16H2,1H3,(H,22,24). The van der Waals surface area contributed by atoms with E-state index in [2.05, 4.69) is 36.5 Å². The van der Waals surface area contributed by atoms with Gasteiger partial charge in [-0.25, -0.2) is 8.42 Å². The van der Waals surface area contributed by atoms with Crippen molar-refractivity contribution < 1.29 is 13.2 Å². The van der Waals surface area contributed by atoms with Gasteiger partial charge in [0.05, 0.1) is 10.8 Å². The van der Waals surface area contributed by atoms with Crippen molar-refractivity contribution in [2.45, 2.75) is 29.6 Å². The molecular formula is C21H26N2O3S2. The molecule has 1 N–H and O–H groups in total. The van der Waals surface area contributed by atoms with Crippen molar-refractivity contribution in [2.24, 2.45) is 5.92 Å². The van der Waals surface area contributed by atoms with Crippen molar-refractivity contribution in [3.8, 4) is 0 Å². The van der Waals surface area contributed by atoms with Gasteiger partial charge in [-0.3, -0.25) is 4.79 Å². The van der Waals surface area contributed by atoms with Crippen LogP contribution in [0, 0.1) is 12.8 Å². The van der Waals surface area contributed by atoms with Gasteiger partial charge < -0.3 is 5.32 Å². The molecule has 1 unspecified atom stereocenters. The van der Waals surface area contributed by atoms with E-state index in [0.29, 0.717) is 19.5 Å². The summed E-state index contributed by atoms with van der Waals surface area (Å²) in [4.78, 5) is 14.0. The highest BCUT2D eigenvalue weighted by Gasteiger charge is 2.33. The molecule has 0 aromatic heterocycles. The number of amides is 1. The number of rotatable bonds is 7. The molecule has 2 aromatic rings. The van der Waals surface area contributed by atoms with Gasteiger partial charge in [-0.15, -0.1) is 11.8 Å². The fourth-order valence-electron chi connectivity index (χ4n) is 3.24. The van der Waals surface area contributed by atoms with Crippen LogP contribution < -0.4 is 5.32 Å². The topological polar surface area (TPSA) is 66.5 Å². The summed E-state index contributed by atoms with van der Waals surface area (Å²) >= 11 is 1.70. The first-order chi connectivity index (χ1) is 13.5. The van der Waals surface area contributed by atoms with Gasteiger partial charge in [-0.2, -0.15) is 4.31 Å². The van der Waals surface area contributed by atoms with E-state index in [0.717, 1.165) is 12.2 Å². The molecule has 0 bridgehead atoms. The number of carbonyl (C=O) groups excluding carboxylic acids is 1. The van der Waals surface area contributed by atoms with Gasteiger partial charge >= 0.3 is 0 Å². The van der Waals surface area contributed by atoms with Crippen molar-refractivity contribution >= 4 is 27.7 Å². The van der Waals surface area contributed by atoms with Crippen LogP contribution in [-0.4, -0.2) is 44.0 Å². The third kappa shape index (κ3) is 5.37. The Hall–Kier alpha value is -1.83. The number of hydrogen-bond acceptors (Lipinski definition) is 4. The SMILES string of the molecule is Cc1ccc(SCCNC(=O)C2CCCN(S(=O)(=O)c3ccccc3)C2)cc1. The molecule has 1 heterocycles. The lowest BCUT2D eigenvalue weighted by molar-refractivity contribution is -0.125. The lowest BCUT2D eigenvalue weighted by atomic mass is 9.99. The lowest BCUT2D eigenvalue weighted by Crippen LogP contribution is -2.45. The molecule has 0 spiro atoms. The summed E-state index contributed by atoms with van der Waals surface area (Å²) in [7, 11) is -3.54. The monoisotopic (exact) mass is 418 g/mol. The molecule has 3 rings (SSSR count). The van der Waals surface area contributed by atoms with Gasteiger partial charge in [-0.1, -0.05) is 35.9 Å². The molecule has 0 aliphatic carbocycles. The Morgan fingerprint density at radius 3 is 2.57 bits per heavy atom. The number of sulfonamides is 1. The minimum absolute atomic E-state index is 0.0579. The van der Waals surface area contributed by atoms with Gasteiger partial charge in [0.15, 0.2) is 0 Å². The van der Waals surface area contributed by atoms with Crippen molar-refractivity contribution in [3.63, 3.8) is 0 Å². The normalized spacial score (nSPS) is 18.0. The fraction of sp³-hybridized carbons (Fsp3) is 0.381. The van der Waals surface area contributed by atoms with Gasteiger partial charge in [0, 0.05) is 30.3 Å². The van der Waals surface area contributed by atoms with Crippen LogP contribution in [0.5, 0.6) is 0 Å². The smallest absolute Gasteiger partial charge is 0.243 e. The zero-order valence-corrected chi connectivity index (χ0v) is 17.6. The van der Waals surface area contributed by atoms with Crippen LogP contribution >= 0.6 is 11.8 Å². The molecule has 1 saturated heterocycles. The number of hydrogen-bond donors (Lipinski definition) is 1. The summed E-state index contributed by atoms with van der Waals surface area (Å²) in [5, 5.41) is 2.96. The highest BCUT2D eigenvalue weighted by molar-refractivity contribution is 7.99. The Balaban J connectivity index is 1.49. The van der Waals surface area contributed by atoms with Crippen LogP contribution in [0.15, 0.2) is 64.4 Å². The van der Waals surface area contributed by atoms with E-state index in [4.69, 9.17) is 0 Å². The number of carbonyl (C=O) groups is 1. The molecule has 0 saturated carbocycles. The Labute approximate surface area is 171 Å². The third-order valence-corrected chi connectivity index (χ3v) is 7.72. The molecular weight excluding hydrogens is 392 g/mol. The van der Waals surface area contributed by atoms with E-state index in [9.17, 15) is 13.2 Å². The lowest BCUT2D eigenvalue weighted by Gasteiger charge is -2.31. The summed E-state index contributed by atoms with van der Waals surface area (Å²) in [6, 6.07) is 16.7. The number of thioether (sulfide) groups is 1. The van der Waals surface area contributed by atoms with Crippen molar-refractivity contribution in [2.75, 3.05) is 25.4 Å². The maximum absolute atomic E-state index is 12.8. The first kappa shape index (κ1) is 20.9. The summed E-state index contributed by atoms with van der Waals surface area (Å²) in [5.74, 6) is 0.433. The van der Waals surface area contributed by atoms with E-state index < -0.39 is 10.0 Å². The average molecular weight is 419 g/mol. The van der Waals surface area contributed by atoms with Crippen molar-refractivity contribution in [1.29, 1.82) is 0 Å². The fourth-order valence-corrected chi connectivity index (χ4v) is 5.55. The highest BCUT2D eigenvalue weighted by Crippen LogP contribution is 2.24. The quantitative estimate of drug-likeness (QED) is 0.553. The van der Waals surface area contributed by atoms with E-state index in [-0.39, 0.29) is 23.3 Å². The molecule has 1 amide bonds. The molecule has 5 nitrogen and oxygen atoms in total. The zero-order valence-electron chi connectivity index (χ0n) is 16.0. The molecule has 2 aromatic carbocycles. The van der Waals surface area contributed by atoms with E-state index >= 15 is 0 Å². The van der Waals surface area contributed by atoms with Crippen LogP contribution in [0.1, 0.15) is 18.4 Å². The molecule has 1 aliphatic heterocycles. The average Bonchev–Trinajstić information content (AvgIpc) is 2.73. The minimum Gasteiger partial charge on any atom is -0.355 e. The number of aryl methyl sites for hydroxylation is 1. The number of nitrogens with zero attached hydrogens (tertiary/aromatic N) is 1. The molecule has 28 heavy (non-hydrogen) atoms. The van der Waals surface area contributed by atoms with E-state index in [1.807, 2.05) is 0 Å². The largest absolute Gasteiger partial charge is 0.355 e. The van der Waals surface area contributed by atoms with E-state index in [1.54, 1.807) is 42.1 Å². The van der Waals surface area contributed by atoms with Gasteiger partial charge in [0.1, 0.15) is 0 Å². The molecule has 1 atom stereocenters. The maximum atomic E-state index is 12.8. The van der Waals surface area contributed by atoms with Gasteiger partial charge in [0.2, 0.25) is 15.9 Å². The Kier molecular flexibility index (Phi) is 7.15. The molecule has 150 valence electrons. The van der Waals surface area contributed by atoms with Crippen LogP contribution in [-0.2, 0) is 14.8 Å². The Morgan fingerprint density at radius 1 is 1.14 bits per heavy atom. The maximum Gasteiger partial charge on any atom is 0.243 e. The second-order valence-electron chi connectivity index (χ2n) is 6.97. The predicted octanol–water partition coefficient (Wildman–Crippen LogP) is 3.30. The number of benzene rings is 2. The van der Waals surface area contributed by atoms with Crippen molar-refractivity contribution in [3.05, 3.63) is 60.2 Å².